The molecule has 1 aromatic carbocycles. The van der Waals surface area contributed by atoms with Gasteiger partial charge in [-0.1, -0.05) is 25.1 Å². The second-order valence-corrected chi connectivity index (χ2v) is 3.20. The first-order valence-corrected chi connectivity index (χ1v) is 4.62. The molecule has 2 heteroatoms. The van der Waals surface area contributed by atoms with E-state index in [0.29, 0.717) is 24.0 Å². The van der Waals surface area contributed by atoms with Gasteiger partial charge in [0.2, 0.25) is 0 Å². The van der Waals surface area contributed by atoms with E-state index in [1.54, 1.807) is 6.07 Å². The van der Waals surface area contributed by atoms with Gasteiger partial charge in [-0.15, -0.1) is 0 Å². The molecule has 0 unspecified atom stereocenters. The van der Waals surface area contributed by atoms with Gasteiger partial charge in [0.1, 0.15) is 5.58 Å². The fraction of sp³-hybridized carbons (Fsp3) is 0.167. The van der Waals surface area contributed by atoms with Crippen LogP contribution in [-0.2, 0) is 6.42 Å². The SMILES string of the molecule is [CH2]CCc1cc2ccccc2oc1=O. The summed E-state index contributed by atoms with van der Waals surface area (Å²) in [4.78, 5) is 11.4. The minimum Gasteiger partial charge on any atom is -0.423 e. The van der Waals surface area contributed by atoms with Crippen LogP contribution in [0.1, 0.15) is 12.0 Å². The van der Waals surface area contributed by atoms with Crippen LogP contribution in [0.3, 0.4) is 0 Å². The molecule has 2 aromatic rings. The lowest BCUT2D eigenvalue weighted by molar-refractivity contribution is 0.550. The first kappa shape index (κ1) is 9.00. The first-order chi connectivity index (χ1) is 6.81. The van der Waals surface area contributed by atoms with Gasteiger partial charge in [-0.2, -0.15) is 0 Å². The van der Waals surface area contributed by atoms with Crippen molar-refractivity contribution < 1.29 is 4.42 Å². The Hall–Kier alpha value is -1.57. The molecule has 0 fully saturated rings. The van der Waals surface area contributed by atoms with Gasteiger partial charge in [0, 0.05) is 10.9 Å². The van der Waals surface area contributed by atoms with E-state index < -0.39 is 0 Å². The maximum atomic E-state index is 11.4. The minimum atomic E-state index is -0.243. The van der Waals surface area contributed by atoms with Gasteiger partial charge in [-0.05, 0) is 25.0 Å². The fourth-order valence-electron chi connectivity index (χ4n) is 1.47. The van der Waals surface area contributed by atoms with Gasteiger partial charge in [0.15, 0.2) is 0 Å². The summed E-state index contributed by atoms with van der Waals surface area (Å²) in [7, 11) is 0. The summed E-state index contributed by atoms with van der Waals surface area (Å²) < 4.78 is 5.16. The van der Waals surface area contributed by atoms with Crippen molar-refractivity contribution in [3.8, 4) is 0 Å². The number of benzene rings is 1. The highest BCUT2D eigenvalue weighted by Gasteiger charge is 2.02. The third kappa shape index (κ3) is 1.55. The molecule has 1 heterocycles. The van der Waals surface area contributed by atoms with Crippen molar-refractivity contribution in [3.63, 3.8) is 0 Å². The summed E-state index contributed by atoms with van der Waals surface area (Å²) in [5, 5.41) is 0.968. The Labute approximate surface area is 82.2 Å². The molecule has 0 atom stereocenters. The van der Waals surface area contributed by atoms with Crippen molar-refractivity contribution in [3.05, 3.63) is 53.2 Å². The topological polar surface area (TPSA) is 30.2 Å². The van der Waals surface area contributed by atoms with E-state index >= 15 is 0 Å². The van der Waals surface area contributed by atoms with Crippen molar-refractivity contribution in [1.82, 2.24) is 0 Å². The Balaban J connectivity index is 2.65. The van der Waals surface area contributed by atoms with Crippen LogP contribution >= 0.6 is 0 Å². The third-order valence-corrected chi connectivity index (χ3v) is 2.16. The Bertz CT molecular complexity index is 497. The lowest BCUT2D eigenvalue weighted by atomic mass is 10.1. The Morgan fingerprint density at radius 1 is 1.29 bits per heavy atom. The molecule has 1 radical (unpaired) electrons. The van der Waals surface area contributed by atoms with Gasteiger partial charge >= 0.3 is 5.63 Å². The predicted octanol–water partition coefficient (Wildman–Crippen LogP) is 2.56. The summed E-state index contributed by atoms with van der Waals surface area (Å²) in [6.45, 7) is 3.72. The first-order valence-electron chi connectivity index (χ1n) is 4.62. The number of para-hydroxylation sites is 1. The van der Waals surface area contributed by atoms with Crippen LogP contribution in [0.25, 0.3) is 11.0 Å². The van der Waals surface area contributed by atoms with Gasteiger partial charge in [0.25, 0.3) is 0 Å². The van der Waals surface area contributed by atoms with Gasteiger partial charge in [0.05, 0.1) is 0 Å². The molecule has 0 N–H and O–H groups in total. The lowest BCUT2D eigenvalue weighted by Gasteiger charge is -1.99. The Morgan fingerprint density at radius 3 is 2.86 bits per heavy atom. The average molecular weight is 187 g/mol. The second kappa shape index (κ2) is 3.66. The van der Waals surface area contributed by atoms with E-state index in [4.69, 9.17) is 4.42 Å². The van der Waals surface area contributed by atoms with Gasteiger partial charge in [-0.3, -0.25) is 0 Å². The van der Waals surface area contributed by atoms with Crippen LogP contribution < -0.4 is 5.63 Å². The third-order valence-electron chi connectivity index (χ3n) is 2.16. The smallest absolute Gasteiger partial charge is 0.339 e. The molecule has 14 heavy (non-hydrogen) atoms. The zero-order valence-corrected chi connectivity index (χ0v) is 7.82. The second-order valence-electron chi connectivity index (χ2n) is 3.20. The van der Waals surface area contributed by atoms with Crippen LogP contribution in [0.2, 0.25) is 0 Å². The molecule has 71 valence electrons. The largest absolute Gasteiger partial charge is 0.423 e. The van der Waals surface area contributed by atoms with E-state index in [-0.39, 0.29) is 5.63 Å². The molecule has 0 bridgehead atoms. The molecule has 0 spiro atoms. The normalized spacial score (nSPS) is 10.6. The predicted molar refractivity (Wildman–Crippen MR) is 56.2 cm³/mol. The van der Waals surface area contributed by atoms with E-state index in [1.807, 2.05) is 24.3 Å². The van der Waals surface area contributed by atoms with Crippen molar-refractivity contribution in [2.45, 2.75) is 12.8 Å². The van der Waals surface area contributed by atoms with E-state index in [0.717, 1.165) is 5.39 Å². The van der Waals surface area contributed by atoms with E-state index in [1.165, 1.54) is 0 Å². The van der Waals surface area contributed by atoms with Crippen LogP contribution in [-0.4, -0.2) is 0 Å². The zero-order valence-electron chi connectivity index (χ0n) is 7.82. The van der Waals surface area contributed by atoms with Crippen molar-refractivity contribution in [2.24, 2.45) is 0 Å². The van der Waals surface area contributed by atoms with Crippen molar-refractivity contribution in [2.75, 3.05) is 0 Å². The Kier molecular flexibility index (Phi) is 2.35. The fourth-order valence-corrected chi connectivity index (χ4v) is 1.47. The molecule has 0 amide bonds. The highest BCUT2D eigenvalue weighted by Crippen LogP contribution is 2.12. The molecule has 0 aliphatic rings. The number of hydrogen-bond acceptors (Lipinski definition) is 2. The molecular formula is C12H11O2. The highest BCUT2D eigenvalue weighted by atomic mass is 16.4. The summed E-state index contributed by atoms with van der Waals surface area (Å²) in [5.41, 5.74) is 1.11. The van der Waals surface area contributed by atoms with E-state index in [9.17, 15) is 4.79 Å². The van der Waals surface area contributed by atoms with Crippen molar-refractivity contribution >= 4 is 11.0 Å². The molecule has 0 aliphatic heterocycles. The number of fused-ring (bicyclic) bond motifs is 1. The summed E-state index contributed by atoms with van der Waals surface area (Å²) >= 11 is 0. The minimum absolute atomic E-state index is 0.243. The Morgan fingerprint density at radius 2 is 2.07 bits per heavy atom. The quantitative estimate of drug-likeness (QED) is 0.676. The molecule has 0 saturated carbocycles. The van der Waals surface area contributed by atoms with Crippen molar-refractivity contribution in [1.29, 1.82) is 0 Å². The van der Waals surface area contributed by atoms with Gasteiger partial charge < -0.3 is 4.42 Å². The number of aryl methyl sites for hydroxylation is 1. The summed E-state index contributed by atoms with van der Waals surface area (Å²) in [6.07, 6.45) is 1.39. The molecule has 0 saturated heterocycles. The standard InChI is InChI=1S/C12H11O2/c1-2-5-10-8-9-6-3-4-7-11(9)14-12(10)13/h3-4,6-8H,1-2,5H2. The lowest BCUT2D eigenvalue weighted by Crippen LogP contribution is -2.06. The molecular weight excluding hydrogens is 176 g/mol. The van der Waals surface area contributed by atoms with Crippen LogP contribution in [0.4, 0.5) is 0 Å². The monoisotopic (exact) mass is 187 g/mol. The molecule has 2 nitrogen and oxygen atoms in total. The average Bonchev–Trinajstić information content (AvgIpc) is 2.19. The van der Waals surface area contributed by atoms with Crippen LogP contribution in [0.15, 0.2) is 39.5 Å². The van der Waals surface area contributed by atoms with Gasteiger partial charge in [-0.25, -0.2) is 4.79 Å². The summed E-state index contributed by atoms with van der Waals surface area (Å²) in [6, 6.07) is 9.39. The molecule has 0 aliphatic carbocycles. The highest BCUT2D eigenvalue weighted by molar-refractivity contribution is 5.76. The number of rotatable bonds is 2. The maximum absolute atomic E-state index is 11.4. The number of hydrogen-bond donors (Lipinski definition) is 0. The van der Waals surface area contributed by atoms with Crippen LogP contribution in [0, 0.1) is 6.92 Å². The van der Waals surface area contributed by atoms with Crippen LogP contribution in [0.5, 0.6) is 0 Å². The van der Waals surface area contributed by atoms with E-state index in [2.05, 4.69) is 6.92 Å². The summed E-state index contributed by atoms with van der Waals surface area (Å²) in [5.74, 6) is 0. The molecule has 1 aromatic heterocycles. The zero-order chi connectivity index (χ0) is 9.97. The maximum Gasteiger partial charge on any atom is 0.339 e. The molecule has 2 rings (SSSR count).